The second-order valence-corrected chi connectivity index (χ2v) is 6.36. The zero-order chi connectivity index (χ0) is 11.7. The van der Waals surface area contributed by atoms with Gasteiger partial charge in [-0.3, -0.25) is 4.79 Å². The Hall–Kier alpha value is -0.350. The minimum atomic E-state index is -0.0858. The highest BCUT2D eigenvalue weighted by molar-refractivity contribution is 9.11. The predicted octanol–water partition coefficient (Wildman–Crippen LogP) is 5.05. The van der Waals surface area contributed by atoms with Crippen LogP contribution in [-0.4, -0.2) is 5.78 Å². The van der Waals surface area contributed by atoms with Crippen LogP contribution in [0.1, 0.15) is 15.2 Å². The van der Waals surface area contributed by atoms with Crippen LogP contribution >= 0.6 is 50.5 Å². The van der Waals surface area contributed by atoms with Crippen molar-refractivity contribution in [1.82, 2.24) is 0 Å². The molecule has 0 fully saturated rings. The van der Waals surface area contributed by atoms with Gasteiger partial charge in [0.05, 0.1) is 13.7 Å². The average Bonchev–Trinajstić information content (AvgIpc) is 2.64. The molecule has 2 aromatic rings. The molecule has 0 aliphatic heterocycles. The number of hydrogen-bond donors (Lipinski definition) is 0. The Morgan fingerprint density at radius 3 is 2.50 bits per heavy atom. The van der Waals surface area contributed by atoms with E-state index in [1.807, 2.05) is 6.07 Å². The van der Waals surface area contributed by atoms with Crippen LogP contribution in [0.3, 0.4) is 0 Å². The van der Waals surface area contributed by atoms with Crippen LogP contribution in [0.15, 0.2) is 34.1 Å². The molecule has 0 atom stereocenters. The topological polar surface area (TPSA) is 17.1 Å². The second kappa shape index (κ2) is 4.88. The Morgan fingerprint density at radius 2 is 1.94 bits per heavy atom. The van der Waals surface area contributed by atoms with Gasteiger partial charge in [0.25, 0.3) is 0 Å². The number of hydrogen-bond acceptors (Lipinski definition) is 2. The smallest absolute Gasteiger partial charge is 0.204 e. The molecule has 5 heteroatoms. The Balaban J connectivity index is 2.41. The first-order valence-corrected chi connectivity index (χ1v) is 6.69. The zero-order valence-electron chi connectivity index (χ0n) is 7.84. The van der Waals surface area contributed by atoms with E-state index in [2.05, 4.69) is 15.9 Å². The van der Waals surface area contributed by atoms with Crippen LogP contribution in [0.25, 0.3) is 0 Å². The molecule has 0 radical (unpaired) electrons. The second-order valence-electron chi connectivity index (χ2n) is 3.06. The number of rotatable bonds is 2. The minimum Gasteiger partial charge on any atom is -0.288 e. The summed E-state index contributed by atoms with van der Waals surface area (Å²) in [5.74, 6) is -0.0858. The number of halogens is 3. The van der Waals surface area contributed by atoms with Crippen molar-refractivity contribution in [1.29, 1.82) is 0 Å². The predicted molar refractivity (Wildman–Crippen MR) is 71.9 cm³/mol. The van der Waals surface area contributed by atoms with E-state index in [1.54, 1.807) is 24.3 Å². The van der Waals surface area contributed by atoms with Crippen molar-refractivity contribution in [3.05, 3.63) is 54.6 Å². The Labute approximate surface area is 115 Å². The molecule has 1 heterocycles. The molecule has 0 N–H and O–H groups in total. The maximum Gasteiger partial charge on any atom is 0.204 e. The van der Waals surface area contributed by atoms with E-state index in [9.17, 15) is 4.79 Å². The van der Waals surface area contributed by atoms with Crippen molar-refractivity contribution in [2.75, 3.05) is 0 Å². The quantitative estimate of drug-likeness (QED) is 0.702. The third-order valence-electron chi connectivity index (χ3n) is 1.97. The van der Waals surface area contributed by atoms with Crippen LogP contribution < -0.4 is 0 Å². The van der Waals surface area contributed by atoms with Crippen LogP contribution in [0.2, 0.25) is 10.0 Å². The molecule has 0 amide bonds. The summed E-state index contributed by atoms with van der Waals surface area (Å²) in [5.41, 5.74) is 0.473. The van der Waals surface area contributed by atoms with E-state index < -0.39 is 0 Å². The van der Waals surface area contributed by atoms with Crippen molar-refractivity contribution < 1.29 is 4.79 Å². The molecule has 0 bridgehead atoms. The van der Waals surface area contributed by atoms with Gasteiger partial charge in [0.1, 0.15) is 0 Å². The first kappa shape index (κ1) is 12.1. The molecule has 2 rings (SSSR count). The molecule has 0 aliphatic carbocycles. The van der Waals surface area contributed by atoms with E-state index in [0.29, 0.717) is 20.5 Å². The summed E-state index contributed by atoms with van der Waals surface area (Å²) in [6, 6.07) is 8.46. The monoisotopic (exact) mass is 334 g/mol. The number of ketones is 1. The van der Waals surface area contributed by atoms with Crippen LogP contribution in [0.5, 0.6) is 0 Å². The molecule has 16 heavy (non-hydrogen) atoms. The Morgan fingerprint density at radius 1 is 1.19 bits per heavy atom. The van der Waals surface area contributed by atoms with Crippen molar-refractivity contribution in [2.24, 2.45) is 0 Å². The van der Waals surface area contributed by atoms with Crippen LogP contribution in [-0.2, 0) is 0 Å². The summed E-state index contributed by atoms with van der Waals surface area (Å²) < 4.78 is 0.918. The number of carbonyl (C=O) groups excluding carboxylic acids is 1. The molecule has 0 unspecified atom stereocenters. The van der Waals surface area contributed by atoms with Gasteiger partial charge in [-0.05, 0) is 46.3 Å². The summed E-state index contributed by atoms with van der Waals surface area (Å²) in [4.78, 5) is 12.7. The highest BCUT2D eigenvalue weighted by Crippen LogP contribution is 2.28. The molecule has 1 aromatic carbocycles. The van der Waals surface area contributed by atoms with Crippen molar-refractivity contribution in [3.63, 3.8) is 0 Å². The molecule has 1 aromatic heterocycles. The van der Waals surface area contributed by atoms with E-state index in [4.69, 9.17) is 23.2 Å². The van der Waals surface area contributed by atoms with Gasteiger partial charge in [-0.1, -0.05) is 23.2 Å². The summed E-state index contributed by atoms with van der Waals surface area (Å²) in [6.07, 6.45) is 0. The SMILES string of the molecule is O=C(c1ccc(Br)s1)c1ccc(Cl)cc1Cl. The van der Waals surface area contributed by atoms with Gasteiger partial charge in [-0.25, -0.2) is 0 Å². The average molecular weight is 336 g/mol. The lowest BCUT2D eigenvalue weighted by Gasteiger charge is -2.01. The molecule has 0 aliphatic rings. The lowest BCUT2D eigenvalue weighted by Crippen LogP contribution is -1.99. The highest BCUT2D eigenvalue weighted by Gasteiger charge is 2.14. The largest absolute Gasteiger partial charge is 0.288 e. The lowest BCUT2D eigenvalue weighted by atomic mass is 10.1. The molecular weight excluding hydrogens is 331 g/mol. The van der Waals surface area contributed by atoms with Gasteiger partial charge in [-0.15, -0.1) is 11.3 Å². The summed E-state index contributed by atoms with van der Waals surface area (Å²) in [5, 5.41) is 0.899. The van der Waals surface area contributed by atoms with Gasteiger partial charge in [0.2, 0.25) is 5.78 Å². The highest BCUT2D eigenvalue weighted by atomic mass is 79.9. The van der Waals surface area contributed by atoms with Crippen molar-refractivity contribution in [2.45, 2.75) is 0 Å². The molecule has 0 spiro atoms. The maximum atomic E-state index is 12.1. The molecule has 0 saturated carbocycles. The summed E-state index contributed by atoms with van der Waals surface area (Å²) in [7, 11) is 0. The molecule has 1 nitrogen and oxygen atoms in total. The van der Waals surface area contributed by atoms with E-state index in [1.165, 1.54) is 11.3 Å². The number of thiophene rings is 1. The lowest BCUT2D eigenvalue weighted by molar-refractivity contribution is 0.104. The zero-order valence-corrected chi connectivity index (χ0v) is 11.8. The van der Waals surface area contributed by atoms with E-state index in [-0.39, 0.29) is 5.78 Å². The van der Waals surface area contributed by atoms with Gasteiger partial charge in [0, 0.05) is 10.6 Å². The Bertz CT molecular complexity index is 551. The summed E-state index contributed by atoms with van der Waals surface area (Å²) >= 11 is 16.4. The van der Waals surface area contributed by atoms with Gasteiger partial charge in [-0.2, -0.15) is 0 Å². The Kier molecular flexibility index (Phi) is 3.70. The normalized spacial score (nSPS) is 10.4. The summed E-state index contributed by atoms with van der Waals surface area (Å²) in [6.45, 7) is 0. The number of benzene rings is 1. The fraction of sp³-hybridized carbons (Fsp3) is 0. The third-order valence-corrected chi connectivity index (χ3v) is 4.14. The van der Waals surface area contributed by atoms with Crippen LogP contribution in [0, 0.1) is 0 Å². The minimum absolute atomic E-state index is 0.0858. The van der Waals surface area contributed by atoms with E-state index in [0.717, 1.165) is 3.79 Å². The maximum absolute atomic E-state index is 12.1. The number of carbonyl (C=O) groups is 1. The van der Waals surface area contributed by atoms with Crippen LogP contribution in [0.4, 0.5) is 0 Å². The molecule has 82 valence electrons. The fourth-order valence-electron chi connectivity index (χ4n) is 1.24. The van der Waals surface area contributed by atoms with Gasteiger partial charge >= 0.3 is 0 Å². The molecule has 0 saturated heterocycles. The van der Waals surface area contributed by atoms with Crippen molar-refractivity contribution >= 4 is 56.3 Å². The standard InChI is InChI=1S/C11H5BrCl2OS/c12-10-4-3-9(16-10)11(15)7-2-1-6(13)5-8(7)14/h1-5H. The first-order valence-electron chi connectivity index (χ1n) is 4.33. The van der Waals surface area contributed by atoms with Gasteiger partial charge in [0.15, 0.2) is 0 Å². The fourth-order valence-corrected chi connectivity index (χ4v) is 3.08. The van der Waals surface area contributed by atoms with Crippen molar-refractivity contribution in [3.8, 4) is 0 Å². The van der Waals surface area contributed by atoms with Gasteiger partial charge < -0.3 is 0 Å². The molecular formula is C11H5BrCl2OS. The first-order chi connectivity index (χ1) is 7.58. The van der Waals surface area contributed by atoms with E-state index >= 15 is 0 Å². The third kappa shape index (κ3) is 2.48.